The molecule has 2 rings (SSSR count). The molecular weight excluding hydrogens is 274 g/mol. The van der Waals surface area contributed by atoms with Crippen LogP contribution in [0.4, 0.5) is 5.69 Å². The molecule has 0 amide bonds. The molecule has 1 aliphatic rings. The number of nitrogens with one attached hydrogen (secondary N) is 1. The van der Waals surface area contributed by atoms with Gasteiger partial charge in [-0.05, 0) is 43.6 Å². The third-order valence-electron chi connectivity index (χ3n) is 3.64. The van der Waals surface area contributed by atoms with Gasteiger partial charge in [0, 0.05) is 18.3 Å². The van der Waals surface area contributed by atoms with Crippen molar-refractivity contribution in [1.82, 2.24) is 9.62 Å². The zero-order chi connectivity index (χ0) is 14.6. The Morgan fingerprint density at radius 3 is 2.70 bits per heavy atom. The van der Waals surface area contributed by atoms with Gasteiger partial charge in [0.15, 0.2) is 0 Å². The van der Waals surface area contributed by atoms with Crippen LogP contribution in [-0.2, 0) is 15.8 Å². The predicted octanol–water partition coefficient (Wildman–Crippen LogP) is 1.17. The number of hydrogen-bond donors (Lipinski definition) is 2. The smallest absolute Gasteiger partial charge is 0.216 e. The molecule has 0 saturated carbocycles. The summed E-state index contributed by atoms with van der Waals surface area (Å²) >= 11 is 0. The van der Waals surface area contributed by atoms with Gasteiger partial charge in [-0.25, -0.2) is 13.1 Å². The molecule has 3 N–H and O–H groups in total. The molecule has 112 valence electrons. The normalized spacial score (nSPS) is 20.9. The quantitative estimate of drug-likeness (QED) is 0.800. The molecule has 20 heavy (non-hydrogen) atoms. The van der Waals surface area contributed by atoms with E-state index in [9.17, 15) is 8.42 Å². The Labute approximate surface area is 121 Å². The highest BCUT2D eigenvalue weighted by Gasteiger charge is 2.23. The first-order chi connectivity index (χ1) is 9.48. The SMILES string of the molecule is CCN1CCCC(NS(=O)(=O)Cc2ccc(N)cc2)C1. The van der Waals surface area contributed by atoms with Crippen molar-refractivity contribution in [2.24, 2.45) is 0 Å². The number of likely N-dealkylation sites (N-methyl/N-ethyl adjacent to an activating group) is 1. The summed E-state index contributed by atoms with van der Waals surface area (Å²) in [6.45, 7) is 4.94. The van der Waals surface area contributed by atoms with Gasteiger partial charge in [-0.1, -0.05) is 19.1 Å². The van der Waals surface area contributed by atoms with Crippen LogP contribution in [0.1, 0.15) is 25.3 Å². The van der Waals surface area contributed by atoms with Gasteiger partial charge in [-0.2, -0.15) is 0 Å². The summed E-state index contributed by atoms with van der Waals surface area (Å²) in [6.07, 6.45) is 1.96. The molecule has 1 heterocycles. The minimum absolute atomic E-state index is 0.00983. The Hall–Kier alpha value is -1.11. The molecule has 1 unspecified atom stereocenters. The van der Waals surface area contributed by atoms with Crippen molar-refractivity contribution in [3.05, 3.63) is 29.8 Å². The molecule has 0 bridgehead atoms. The van der Waals surface area contributed by atoms with Gasteiger partial charge in [0.1, 0.15) is 0 Å². The molecule has 1 saturated heterocycles. The van der Waals surface area contributed by atoms with Gasteiger partial charge in [0.2, 0.25) is 10.0 Å². The van der Waals surface area contributed by atoms with Gasteiger partial charge in [0.25, 0.3) is 0 Å². The zero-order valence-corrected chi connectivity index (χ0v) is 12.7. The number of nitrogen functional groups attached to an aromatic ring is 1. The third kappa shape index (κ3) is 4.47. The lowest BCUT2D eigenvalue weighted by molar-refractivity contribution is 0.211. The van der Waals surface area contributed by atoms with E-state index < -0.39 is 10.0 Å². The fraction of sp³-hybridized carbons (Fsp3) is 0.571. The van der Waals surface area contributed by atoms with Crippen molar-refractivity contribution in [3.63, 3.8) is 0 Å². The van der Waals surface area contributed by atoms with Crippen molar-refractivity contribution >= 4 is 15.7 Å². The number of nitrogens with zero attached hydrogens (tertiary/aromatic N) is 1. The Kier molecular flexibility index (Phi) is 5.01. The molecule has 0 radical (unpaired) electrons. The second kappa shape index (κ2) is 6.56. The minimum Gasteiger partial charge on any atom is -0.399 e. The van der Waals surface area contributed by atoms with Gasteiger partial charge < -0.3 is 10.6 Å². The van der Waals surface area contributed by atoms with E-state index in [0.29, 0.717) is 5.69 Å². The average Bonchev–Trinajstić information content (AvgIpc) is 2.41. The summed E-state index contributed by atoms with van der Waals surface area (Å²) in [4.78, 5) is 2.28. The lowest BCUT2D eigenvalue weighted by atomic mass is 10.1. The number of nitrogens with two attached hydrogens (primary N) is 1. The highest BCUT2D eigenvalue weighted by Crippen LogP contribution is 2.13. The summed E-state index contributed by atoms with van der Waals surface area (Å²) in [7, 11) is -3.30. The number of likely N-dealkylation sites (tertiary alicyclic amines) is 1. The molecule has 1 atom stereocenters. The van der Waals surface area contributed by atoms with E-state index in [2.05, 4.69) is 16.5 Å². The van der Waals surface area contributed by atoms with Gasteiger partial charge in [-0.3, -0.25) is 0 Å². The minimum atomic E-state index is -3.30. The van der Waals surface area contributed by atoms with Crippen LogP contribution in [0.5, 0.6) is 0 Å². The van der Waals surface area contributed by atoms with Crippen LogP contribution in [0.3, 0.4) is 0 Å². The van der Waals surface area contributed by atoms with Gasteiger partial charge in [-0.15, -0.1) is 0 Å². The number of hydrogen-bond acceptors (Lipinski definition) is 4. The Morgan fingerprint density at radius 1 is 1.35 bits per heavy atom. The number of piperidine rings is 1. The first-order valence-electron chi connectivity index (χ1n) is 7.05. The van der Waals surface area contributed by atoms with Crippen LogP contribution >= 0.6 is 0 Å². The molecule has 1 aliphatic heterocycles. The summed E-state index contributed by atoms with van der Waals surface area (Å²) in [6, 6.07) is 7.00. The molecule has 6 heteroatoms. The number of rotatable bonds is 5. The second-order valence-corrected chi connectivity index (χ2v) is 7.10. The van der Waals surface area contributed by atoms with Gasteiger partial charge >= 0.3 is 0 Å². The molecular formula is C14H23N3O2S. The predicted molar refractivity (Wildman–Crippen MR) is 81.7 cm³/mol. The lowest BCUT2D eigenvalue weighted by Crippen LogP contribution is -2.47. The molecule has 0 aliphatic carbocycles. The number of sulfonamides is 1. The summed E-state index contributed by atoms with van der Waals surface area (Å²) in [5.74, 6) is 0.00983. The third-order valence-corrected chi connectivity index (χ3v) is 5.04. The molecule has 1 aromatic carbocycles. The van der Waals surface area contributed by atoms with E-state index in [-0.39, 0.29) is 11.8 Å². The maximum Gasteiger partial charge on any atom is 0.216 e. The van der Waals surface area contributed by atoms with Gasteiger partial charge in [0.05, 0.1) is 5.75 Å². The Balaban J connectivity index is 1.95. The van der Waals surface area contributed by atoms with Crippen molar-refractivity contribution in [2.75, 3.05) is 25.4 Å². The van der Waals surface area contributed by atoms with Crippen LogP contribution in [0.2, 0.25) is 0 Å². The lowest BCUT2D eigenvalue weighted by Gasteiger charge is -2.32. The summed E-state index contributed by atoms with van der Waals surface area (Å²) < 4.78 is 27.2. The van der Waals surface area contributed by atoms with E-state index in [4.69, 9.17) is 5.73 Å². The van der Waals surface area contributed by atoms with E-state index >= 15 is 0 Å². The zero-order valence-electron chi connectivity index (χ0n) is 11.9. The fourth-order valence-corrected chi connectivity index (χ4v) is 3.98. The van der Waals surface area contributed by atoms with E-state index in [0.717, 1.165) is 38.0 Å². The van der Waals surface area contributed by atoms with Crippen LogP contribution in [0, 0.1) is 0 Å². The Morgan fingerprint density at radius 2 is 2.05 bits per heavy atom. The Bertz CT molecular complexity index is 528. The molecule has 0 spiro atoms. The van der Waals surface area contributed by atoms with Crippen molar-refractivity contribution in [2.45, 2.75) is 31.6 Å². The van der Waals surface area contributed by atoms with E-state index in [1.165, 1.54) is 0 Å². The average molecular weight is 297 g/mol. The molecule has 5 nitrogen and oxygen atoms in total. The topological polar surface area (TPSA) is 75.4 Å². The second-order valence-electron chi connectivity index (χ2n) is 5.35. The van der Waals surface area contributed by atoms with Crippen molar-refractivity contribution in [1.29, 1.82) is 0 Å². The van der Waals surface area contributed by atoms with Crippen LogP contribution in [0.25, 0.3) is 0 Å². The maximum atomic E-state index is 12.2. The largest absolute Gasteiger partial charge is 0.399 e. The number of benzene rings is 1. The van der Waals surface area contributed by atoms with Crippen LogP contribution < -0.4 is 10.5 Å². The summed E-state index contributed by atoms with van der Waals surface area (Å²) in [5, 5.41) is 0. The maximum absolute atomic E-state index is 12.2. The van der Waals surface area contributed by atoms with Crippen molar-refractivity contribution < 1.29 is 8.42 Å². The molecule has 0 aromatic heterocycles. The first kappa shape index (κ1) is 15.3. The monoisotopic (exact) mass is 297 g/mol. The number of anilines is 1. The highest BCUT2D eigenvalue weighted by atomic mass is 32.2. The van der Waals surface area contributed by atoms with Crippen molar-refractivity contribution in [3.8, 4) is 0 Å². The highest BCUT2D eigenvalue weighted by molar-refractivity contribution is 7.88. The fourth-order valence-electron chi connectivity index (χ4n) is 2.57. The van der Waals surface area contributed by atoms with Crippen LogP contribution in [0.15, 0.2) is 24.3 Å². The molecule has 1 fully saturated rings. The summed E-state index contributed by atoms with van der Waals surface area (Å²) in [5.41, 5.74) is 7.00. The van der Waals surface area contributed by atoms with E-state index in [1.54, 1.807) is 24.3 Å². The standard InChI is InChI=1S/C14H23N3O2S/c1-2-17-9-3-4-14(10-17)16-20(18,19)11-12-5-7-13(15)8-6-12/h5-8,14,16H,2-4,9-11,15H2,1H3. The van der Waals surface area contributed by atoms with E-state index in [1.807, 2.05) is 0 Å². The van der Waals surface area contributed by atoms with Crippen LogP contribution in [-0.4, -0.2) is 39.0 Å². The first-order valence-corrected chi connectivity index (χ1v) is 8.70. The molecule has 1 aromatic rings.